The monoisotopic (exact) mass is 403 g/mol. The average Bonchev–Trinajstić information content (AvgIpc) is 3.30. The van der Waals surface area contributed by atoms with E-state index < -0.39 is 5.72 Å². The molecule has 4 nitrogen and oxygen atoms in total. The van der Waals surface area contributed by atoms with Crippen LogP contribution in [-0.2, 0) is 5.41 Å². The molecular formula is C24H22ClN3O. The summed E-state index contributed by atoms with van der Waals surface area (Å²) in [5.74, 6) is 0.840. The maximum absolute atomic E-state index is 7.04. The van der Waals surface area contributed by atoms with Gasteiger partial charge in [0.2, 0.25) is 5.72 Å². The molecule has 1 atom stereocenters. The maximum Gasteiger partial charge on any atom is 0.229 e. The number of fused-ring (bicyclic) bond motifs is 6. The highest BCUT2D eigenvalue weighted by molar-refractivity contribution is 6.30. The topological polar surface area (TPSA) is 37.7 Å². The van der Waals surface area contributed by atoms with Gasteiger partial charge in [-0.05, 0) is 66.6 Å². The fourth-order valence-electron chi connectivity index (χ4n) is 5.79. The summed E-state index contributed by atoms with van der Waals surface area (Å²) in [6, 6.07) is 10.4. The summed E-state index contributed by atoms with van der Waals surface area (Å²) in [5.41, 5.74) is 3.69. The zero-order valence-corrected chi connectivity index (χ0v) is 17.3. The van der Waals surface area contributed by atoms with Crippen LogP contribution in [0.1, 0.15) is 36.8 Å². The summed E-state index contributed by atoms with van der Waals surface area (Å²) in [4.78, 5) is 11.6. The lowest BCUT2D eigenvalue weighted by Gasteiger charge is -2.46. The van der Waals surface area contributed by atoms with Crippen LogP contribution in [-0.4, -0.2) is 24.0 Å². The number of nitrogens with zero attached hydrogens (tertiary/aromatic N) is 3. The molecule has 0 bridgehead atoms. The fraction of sp³-hybridized carbons (Fsp3) is 0.333. The Kier molecular flexibility index (Phi) is 3.41. The van der Waals surface area contributed by atoms with Crippen LogP contribution in [0.15, 0.2) is 47.7 Å². The van der Waals surface area contributed by atoms with Gasteiger partial charge in [-0.25, -0.2) is 0 Å². The van der Waals surface area contributed by atoms with Gasteiger partial charge < -0.3 is 9.64 Å². The van der Waals surface area contributed by atoms with Gasteiger partial charge in [0, 0.05) is 35.5 Å². The molecule has 6 rings (SSSR count). The summed E-state index contributed by atoms with van der Waals surface area (Å²) in [6.45, 7) is 2.09. The van der Waals surface area contributed by atoms with E-state index in [1.165, 1.54) is 24.1 Å². The Hall–Kier alpha value is -2.59. The van der Waals surface area contributed by atoms with Crippen molar-refractivity contribution in [1.82, 2.24) is 4.98 Å². The van der Waals surface area contributed by atoms with Gasteiger partial charge in [-0.15, -0.1) is 0 Å². The van der Waals surface area contributed by atoms with Crippen molar-refractivity contribution in [3.8, 4) is 5.75 Å². The lowest BCUT2D eigenvalue weighted by Crippen LogP contribution is -2.62. The number of aromatic nitrogens is 1. The van der Waals surface area contributed by atoms with E-state index in [9.17, 15) is 0 Å². The average molecular weight is 404 g/mol. The molecule has 2 aromatic carbocycles. The Morgan fingerprint density at radius 2 is 1.97 bits per heavy atom. The minimum absolute atomic E-state index is 0.151. The number of aliphatic imine (C=N–C) groups is 1. The van der Waals surface area contributed by atoms with Crippen molar-refractivity contribution in [3.05, 3.63) is 58.9 Å². The molecule has 1 aliphatic carbocycles. The molecular weight excluding hydrogens is 382 g/mol. The van der Waals surface area contributed by atoms with Gasteiger partial charge in [0.25, 0.3) is 0 Å². The Balaban J connectivity index is 1.63. The lowest BCUT2D eigenvalue weighted by molar-refractivity contribution is 0.0677. The number of rotatable bonds is 0. The molecule has 0 amide bonds. The Bertz CT molecular complexity index is 1200. The van der Waals surface area contributed by atoms with Crippen molar-refractivity contribution in [2.45, 2.75) is 43.7 Å². The van der Waals surface area contributed by atoms with Gasteiger partial charge in [0.05, 0.1) is 11.6 Å². The Morgan fingerprint density at radius 3 is 2.79 bits per heavy atom. The first-order chi connectivity index (χ1) is 14.1. The standard InChI is InChI=1S/C24H22ClN3O/c1-15-11-16-7-10-26-13-18(16)22-21(15)27-14-24(29-22)23(8-3-4-9-23)19-12-17(25)5-6-20(19)28(24)2/h5-7,10-14H,3-4,8-9H2,1-2H3. The van der Waals surface area contributed by atoms with E-state index in [0.717, 1.165) is 45.6 Å². The number of anilines is 1. The number of halogens is 1. The third-order valence-corrected chi connectivity index (χ3v) is 7.40. The van der Waals surface area contributed by atoms with Crippen LogP contribution < -0.4 is 9.64 Å². The predicted molar refractivity (Wildman–Crippen MR) is 118 cm³/mol. The molecule has 29 heavy (non-hydrogen) atoms. The summed E-state index contributed by atoms with van der Waals surface area (Å²) in [5, 5.41) is 2.92. The predicted octanol–water partition coefficient (Wildman–Crippen LogP) is 5.95. The molecule has 3 aromatic rings. The zero-order valence-electron chi connectivity index (χ0n) is 16.6. The number of aryl methyl sites for hydroxylation is 1. The first-order valence-electron chi connectivity index (χ1n) is 10.2. The highest BCUT2D eigenvalue weighted by Crippen LogP contribution is 2.61. The van der Waals surface area contributed by atoms with Crippen LogP contribution in [0.4, 0.5) is 11.4 Å². The number of benzene rings is 2. The fourth-order valence-corrected chi connectivity index (χ4v) is 5.96. The Morgan fingerprint density at radius 1 is 1.14 bits per heavy atom. The van der Waals surface area contributed by atoms with E-state index >= 15 is 0 Å². The summed E-state index contributed by atoms with van der Waals surface area (Å²) >= 11 is 6.44. The van der Waals surface area contributed by atoms with Crippen LogP contribution in [0.5, 0.6) is 5.75 Å². The summed E-state index contributed by atoms with van der Waals surface area (Å²) < 4.78 is 7.04. The van der Waals surface area contributed by atoms with Crippen LogP contribution in [0.3, 0.4) is 0 Å². The van der Waals surface area contributed by atoms with Crippen molar-refractivity contribution in [2.75, 3.05) is 11.9 Å². The van der Waals surface area contributed by atoms with E-state index in [4.69, 9.17) is 21.3 Å². The van der Waals surface area contributed by atoms with Crippen LogP contribution in [0, 0.1) is 6.92 Å². The third kappa shape index (κ3) is 2.05. The van der Waals surface area contributed by atoms with Crippen LogP contribution in [0.2, 0.25) is 5.02 Å². The van der Waals surface area contributed by atoms with Crippen LogP contribution in [0.25, 0.3) is 10.8 Å². The molecule has 1 unspecified atom stereocenters. The third-order valence-electron chi connectivity index (χ3n) is 7.16. The van der Waals surface area contributed by atoms with Gasteiger partial charge in [0.15, 0.2) is 5.75 Å². The molecule has 0 N–H and O–H groups in total. The molecule has 2 aliphatic heterocycles. The van der Waals surface area contributed by atoms with Gasteiger partial charge in [-0.3, -0.25) is 9.98 Å². The van der Waals surface area contributed by atoms with Gasteiger partial charge in [0.1, 0.15) is 5.69 Å². The molecule has 3 heterocycles. The quantitative estimate of drug-likeness (QED) is 0.465. The second kappa shape index (κ2) is 5.73. The number of ether oxygens (including phenoxy) is 1. The van der Waals surface area contributed by atoms with Crippen molar-refractivity contribution in [1.29, 1.82) is 0 Å². The van der Waals surface area contributed by atoms with Crippen molar-refractivity contribution >= 4 is 40.0 Å². The molecule has 1 saturated carbocycles. The largest absolute Gasteiger partial charge is 0.459 e. The minimum Gasteiger partial charge on any atom is -0.459 e. The van der Waals surface area contributed by atoms with Gasteiger partial charge in [-0.1, -0.05) is 24.4 Å². The van der Waals surface area contributed by atoms with Gasteiger partial charge >= 0.3 is 0 Å². The molecule has 1 fully saturated rings. The summed E-state index contributed by atoms with van der Waals surface area (Å²) in [7, 11) is 2.12. The molecule has 1 aromatic heterocycles. The molecule has 3 aliphatic rings. The molecule has 0 saturated heterocycles. The number of pyridine rings is 1. The zero-order chi connectivity index (χ0) is 19.8. The lowest BCUT2D eigenvalue weighted by atomic mass is 9.72. The molecule has 5 heteroatoms. The second-order valence-corrected chi connectivity index (χ2v) is 8.97. The summed E-state index contributed by atoms with van der Waals surface area (Å²) in [6.07, 6.45) is 10.3. The highest BCUT2D eigenvalue weighted by atomic mass is 35.5. The van der Waals surface area contributed by atoms with E-state index in [-0.39, 0.29) is 5.41 Å². The van der Waals surface area contributed by atoms with Crippen molar-refractivity contribution in [2.24, 2.45) is 4.99 Å². The van der Waals surface area contributed by atoms with E-state index in [1.54, 1.807) is 0 Å². The van der Waals surface area contributed by atoms with Crippen molar-refractivity contribution < 1.29 is 4.74 Å². The number of hydrogen-bond donors (Lipinski definition) is 0. The van der Waals surface area contributed by atoms with Crippen molar-refractivity contribution in [3.63, 3.8) is 0 Å². The van der Waals surface area contributed by atoms with Crippen LogP contribution >= 0.6 is 11.6 Å². The number of hydrogen-bond acceptors (Lipinski definition) is 4. The molecule has 146 valence electrons. The molecule has 2 spiro atoms. The minimum atomic E-state index is -0.653. The first-order valence-corrected chi connectivity index (χ1v) is 10.6. The Labute approximate surface area is 175 Å². The SMILES string of the molecule is Cc1cc2ccncc2c2c1N=CC1(O2)N(C)c2ccc(Cl)cc2C12CCCC2. The second-order valence-electron chi connectivity index (χ2n) is 8.53. The smallest absolute Gasteiger partial charge is 0.229 e. The highest BCUT2D eigenvalue weighted by Gasteiger charge is 2.64. The van der Waals surface area contributed by atoms with E-state index in [0.29, 0.717) is 0 Å². The maximum atomic E-state index is 7.04. The normalized spacial score (nSPS) is 23.6. The van der Waals surface area contributed by atoms with Gasteiger partial charge in [-0.2, -0.15) is 0 Å². The number of likely N-dealkylation sites (N-methyl/N-ethyl adjacent to an activating group) is 1. The van der Waals surface area contributed by atoms with E-state index in [2.05, 4.69) is 42.1 Å². The molecule has 0 radical (unpaired) electrons. The van der Waals surface area contributed by atoms with E-state index in [1.807, 2.05) is 30.7 Å². The first kappa shape index (κ1) is 17.3.